The number of halogens is 1. The van der Waals surface area contributed by atoms with Crippen molar-refractivity contribution in [3.63, 3.8) is 0 Å². The molecule has 142 valence electrons. The molecule has 0 amide bonds. The molecule has 0 aliphatic carbocycles. The van der Waals surface area contributed by atoms with E-state index in [1.807, 2.05) is 0 Å². The van der Waals surface area contributed by atoms with Crippen molar-refractivity contribution in [3.8, 4) is 0 Å². The highest BCUT2D eigenvalue weighted by Crippen LogP contribution is 2.19. The van der Waals surface area contributed by atoms with Gasteiger partial charge < -0.3 is 14.5 Å². The Kier molecular flexibility index (Phi) is 6.96. The summed E-state index contributed by atoms with van der Waals surface area (Å²) in [5.41, 5.74) is 2.29. The first-order chi connectivity index (χ1) is 12.8. The third-order valence-corrected chi connectivity index (χ3v) is 4.04. The number of benzene rings is 1. The van der Waals surface area contributed by atoms with Gasteiger partial charge in [-0.25, -0.2) is 9.59 Å². The number of rotatable bonds is 7. The second-order valence-corrected chi connectivity index (χ2v) is 6.20. The molecule has 0 bridgehead atoms. The second kappa shape index (κ2) is 9.19. The first-order valence-corrected chi connectivity index (χ1v) is 8.71. The highest BCUT2D eigenvalue weighted by molar-refractivity contribution is 6.30. The molecule has 2 aromatic rings. The number of Topliss-reactive ketones (excluding diaryl/α,β-unsaturated/α-hetero) is 1. The first-order valence-electron chi connectivity index (χ1n) is 8.33. The van der Waals surface area contributed by atoms with E-state index in [-0.39, 0.29) is 12.3 Å². The Hall–Kier alpha value is -2.86. The zero-order valence-electron chi connectivity index (χ0n) is 15.3. The van der Waals surface area contributed by atoms with Crippen molar-refractivity contribution < 1.29 is 23.9 Å². The van der Waals surface area contributed by atoms with Crippen LogP contribution in [0.25, 0.3) is 6.08 Å². The lowest BCUT2D eigenvalue weighted by atomic mass is 10.1. The summed E-state index contributed by atoms with van der Waals surface area (Å²) in [4.78, 5) is 39.0. The zero-order valence-corrected chi connectivity index (χ0v) is 16.1. The molecule has 0 aliphatic rings. The van der Waals surface area contributed by atoms with Crippen LogP contribution in [-0.4, -0.2) is 35.9 Å². The van der Waals surface area contributed by atoms with E-state index in [0.29, 0.717) is 21.8 Å². The van der Waals surface area contributed by atoms with Crippen molar-refractivity contribution in [2.75, 3.05) is 13.2 Å². The van der Waals surface area contributed by atoms with Crippen LogP contribution >= 0.6 is 11.6 Å². The van der Waals surface area contributed by atoms with Gasteiger partial charge in [-0.3, -0.25) is 4.79 Å². The van der Waals surface area contributed by atoms with Crippen LogP contribution in [0.2, 0.25) is 5.02 Å². The molecule has 2 rings (SSSR count). The van der Waals surface area contributed by atoms with Crippen LogP contribution < -0.4 is 0 Å². The topological polar surface area (TPSA) is 85.5 Å². The highest BCUT2D eigenvalue weighted by Gasteiger charge is 2.23. The number of H-pyrrole nitrogens is 1. The van der Waals surface area contributed by atoms with Gasteiger partial charge in [0.2, 0.25) is 5.78 Å². The number of carbonyl (C=O) groups excluding carboxylic acids is 3. The fourth-order valence-corrected chi connectivity index (χ4v) is 2.77. The molecule has 1 aromatic heterocycles. The lowest BCUT2D eigenvalue weighted by Gasteiger charge is -2.03. The van der Waals surface area contributed by atoms with Crippen LogP contribution in [0.15, 0.2) is 30.3 Å². The van der Waals surface area contributed by atoms with Crippen molar-refractivity contribution in [3.05, 3.63) is 63.4 Å². The summed E-state index contributed by atoms with van der Waals surface area (Å²) in [7, 11) is 0. The number of ketones is 1. The molecule has 0 fully saturated rings. The summed E-state index contributed by atoms with van der Waals surface area (Å²) in [6, 6.07) is 6.96. The molecular formula is C20H20ClNO5. The third kappa shape index (κ3) is 5.31. The van der Waals surface area contributed by atoms with E-state index in [4.69, 9.17) is 21.1 Å². The number of carbonyl (C=O) groups is 3. The summed E-state index contributed by atoms with van der Waals surface area (Å²) in [5, 5.41) is 0.552. The van der Waals surface area contributed by atoms with Crippen molar-refractivity contribution in [1.82, 2.24) is 4.98 Å². The van der Waals surface area contributed by atoms with Gasteiger partial charge in [0.25, 0.3) is 0 Å². The number of aryl methyl sites for hydroxylation is 1. The number of nitrogens with one attached hydrogen (secondary N) is 1. The van der Waals surface area contributed by atoms with E-state index in [2.05, 4.69) is 4.98 Å². The molecule has 0 atom stereocenters. The Morgan fingerprint density at radius 3 is 2.59 bits per heavy atom. The van der Waals surface area contributed by atoms with Gasteiger partial charge in [-0.05, 0) is 50.1 Å². The summed E-state index contributed by atoms with van der Waals surface area (Å²) >= 11 is 5.87. The molecule has 0 unspecified atom stereocenters. The Bertz CT molecular complexity index is 898. The SMILES string of the molecule is CCOC(=O)c1c(C)[nH]c(C(=O)COC(=O)/C=C/c2cccc(Cl)c2)c1C. The average molecular weight is 390 g/mol. The quantitative estimate of drug-likeness (QED) is 0.441. The molecule has 1 aromatic carbocycles. The van der Waals surface area contributed by atoms with Crippen molar-refractivity contribution in [1.29, 1.82) is 0 Å². The van der Waals surface area contributed by atoms with Gasteiger partial charge in [-0.15, -0.1) is 0 Å². The van der Waals surface area contributed by atoms with E-state index in [9.17, 15) is 14.4 Å². The van der Waals surface area contributed by atoms with Crippen LogP contribution in [0.5, 0.6) is 0 Å². The minimum absolute atomic E-state index is 0.224. The van der Waals surface area contributed by atoms with Crippen molar-refractivity contribution in [2.45, 2.75) is 20.8 Å². The van der Waals surface area contributed by atoms with Gasteiger partial charge >= 0.3 is 11.9 Å². The largest absolute Gasteiger partial charge is 0.462 e. The highest BCUT2D eigenvalue weighted by atomic mass is 35.5. The second-order valence-electron chi connectivity index (χ2n) is 5.76. The standard InChI is InChI=1S/C20H20ClNO5/c1-4-26-20(25)18-12(2)19(22-13(18)3)16(23)11-27-17(24)9-8-14-6-5-7-15(21)10-14/h5-10,22H,4,11H2,1-3H3/b9-8+. The van der Waals surface area contributed by atoms with Gasteiger partial charge in [0.1, 0.15) is 0 Å². The average Bonchev–Trinajstić information content (AvgIpc) is 2.92. The van der Waals surface area contributed by atoms with E-state index in [1.54, 1.807) is 51.1 Å². The van der Waals surface area contributed by atoms with Gasteiger partial charge in [-0.1, -0.05) is 23.7 Å². The van der Waals surface area contributed by atoms with Crippen molar-refractivity contribution >= 4 is 35.4 Å². The normalized spacial score (nSPS) is 10.8. The van der Waals surface area contributed by atoms with E-state index >= 15 is 0 Å². The summed E-state index contributed by atoms with van der Waals surface area (Å²) in [5.74, 6) is -1.59. The smallest absolute Gasteiger partial charge is 0.340 e. The van der Waals surface area contributed by atoms with Crippen LogP contribution in [0.1, 0.15) is 44.6 Å². The molecule has 7 heteroatoms. The lowest BCUT2D eigenvalue weighted by molar-refractivity contribution is -0.136. The number of hydrogen-bond donors (Lipinski definition) is 1. The molecule has 0 aliphatic heterocycles. The van der Waals surface area contributed by atoms with E-state index in [1.165, 1.54) is 6.08 Å². The summed E-state index contributed by atoms with van der Waals surface area (Å²) in [6.07, 6.45) is 2.76. The molecular weight excluding hydrogens is 370 g/mol. The number of esters is 2. The molecule has 0 spiro atoms. The van der Waals surface area contributed by atoms with Crippen LogP contribution in [-0.2, 0) is 14.3 Å². The van der Waals surface area contributed by atoms with E-state index in [0.717, 1.165) is 5.56 Å². The number of ether oxygens (including phenoxy) is 2. The maximum absolute atomic E-state index is 12.3. The first kappa shape index (κ1) is 20.5. The predicted octanol–water partition coefficient (Wildman–Crippen LogP) is 3.90. The maximum Gasteiger partial charge on any atom is 0.340 e. The third-order valence-electron chi connectivity index (χ3n) is 3.80. The number of aromatic amines is 1. The number of aromatic nitrogens is 1. The Balaban J connectivity index is 2.00. The van der Waals surface area contributed by atoms with E-state index < -0.39 is 24.3 Å². The van der Waals surface area contributed by atoms with Crippen LogP contribution in [0, 0.1) is 13.8 Å². The Morgan fingerprint density at radius 1 is 1.19 bits per heavy atom. The van der Waals surface area contributed by atoms with Gasteiger partial charge in [0, 0.05) is 16.8 Å². The lowest BCUT2D eigenvalue weighted by Crippen LogP contribution is -2.14. The maximum atomic E-state index is 12.3. The molecule has 6 nitrogen and oxygen atoms in total. The molecule has 0 saturated carbocycles. The molecule has 1 heterocycles. The molecule has 0 saturated heterocycles. The zero-order chi connectivity index (χ0) is 20.0. The van der Waals surface area contributed by atoms with Crippen LogP contribution in [0.4, 0.5) is 0 Å². The Morgan fingerprint density at radius 2 is 1.93 bits per heavy atom. The molecule has 27 heavy (non-hydrogen) atoms. The van der Waals surface area contributed by atoms with Gasteiger partial charge in [0.05, 0.1) is 17.9 Å². The fourth-order valence-electron chi connectivity index (χ4n) is 2.57. The van der Waals surface area contributed by atoms with Gasteiger partial charge in [0.15, 0.2) is 6.61 Å². The van der Waals surface area contributed by atoms with Gasteiger partial charge in [-0.2, -0.15) is 0 Å². The minimum atomic E-state index is -0.658. The monoisotopic (exact) mass is 389 g/mol. The molecule has 1 N–H and O–H groups in total. The predicted molar refractivity (Wildman–Crippen MR) is 102 cm³/mol. The summed E-state index contributed by atoms with van der Waals surface area (Å²) < 4.78 is 9.97. The number of hydrogen-bond acceptors (Lipinski definition) is 5. The minimum Gasteiger partial charge on any atom is -0.462 e. The summed E-state index contributed by atoms with van der Waals surface area (Å²) in [6.45, 7) is 4.82. The van der Waals surface area contributed by atoms with Crippen molar-refractivity contribution in [2.24, 2.45) is 0 Å². The molecule has 0 radical (unpaired) electrons. The Labute approximate surface area is 162 Å². The van der Waals surface area contributed by atoms with Crippen LogP contribution in [0.3, 0.4) is 0 Å². The fraction of sp³-hybridized carbons (Fsp3) is 0.250.